The maximum absolute atomic E-state index is 14.5. The zero-order chi connectivity index (χ0) is 35.4. The Morgan fingerprint density at radius 2 is 1.38 bits per heavy atom. The Labute approximate surface area is 285 Å². The van der Waals surface area contributed by atoms with E-state index < -0.39 is 63.8 Å². The molecule has 0 atom stereocenters. The van der Waals surface area contributed by atoms with Crippen molar-refractivity contribution in [2.75, 3.05) is 31.1 Å². The van der Waals surface area contributed by atoms with E-state index >= 15 is 0 Å². The van der Waals surface area contributed by atoms with E-state index in [0.29, 0.717) is 36.9 Å². The number of rotatable bonds is 9. The molecule has 7 nitrogen and oxygen atoms in total. The smallest absolute Gasteiger partial charge is 0.294 e. The second-order valence-electron chi connectivity index (χ2n) is 11.9. The largest absolute Gasteiger partial charge is 0.507 e. The van der Waals surface area contributed by atoms with Gasteiger partial charge in [-0.1, -0.05) is 54.6 Å². The fourth-order valence-corrected chi connectivity index (χ4v) is 5.96. The average molecular weight is 682 g/mol. The van der Waals surface area contributed by atoms with E-state index in [1.54, 1.807) is 6.07 Å². The number of aromatic nitrogens is 1. The highest BCUT2D eigenvalue weighted by atomic mass is 19.1. The fraction of sp³-hybridized carbons (Fsp3) is 0.154. The molecule has 4 aromatic carbocycles. The molecule has 2 heterocycles. The summed E-state index contributed by atoms with van der Waals surface area (Å²) in [5.41, 5.74) is 1.90. The third-order valence-electron chi connectivity index (χ3n) is 8.53. The Bertz CT molecular complexity index is 2120. The highest BCUT2D eigenvalue weighted by Gasteiger charge is 2.26. The van der Waals surface area contributed by atoms with Gasteiger partial charge in [0.25, 0.3) is 11.5 Å². The molecule has 0 bridgehead atoms. The lowest BCUT2D eigenvalue weighted by atomic mass is 10.0. The molecule has 50 heavy (non-hydrogen) atoms. The van der Waals surface area contributed by atoms with Crippen molar-refractivity contribution in [2.45, 2.75) is 13.0 Å². The molecule has 5 aromatic rings. The van der Waals surface area contributed by atoms with Crippen molar-refractivity contribution in [3.05, 3.63) is 165 Å². The number of aliphatic hydroxyl groups excluding tert-OH is 1. The number of carbonyl (C=O) groups is 2. The van der Waals surface area contributed by atoms with Gasteiger partial charge in [-0.15, -0.1) is 0 Å². The van der Waals surface area contributed by atoms with E-state index in [4.69, 9.17) is 0 Å². The van der Waals surface area contributed by atoms with Crippen LogP contribution in [0.1, 0.15) is 22.3 Å². The van der Waals surface area contributed by atoms with Crippen molar-refractivity contribution in [3.63, 3.8) is 0 Å². The van der Waals surface area contributed by atoms with Crippen LogP contribution >= 0.6 is 0 Å². The number of pyridine rings is 1. The monoisotopic (exact) mass is 681 g/mol. The Morgan fingerprint density at radius 1 is 0.720 bits per heavy atom. The summed E-state index contributed by atoms with van der Waals surface area (Å²) in [7, 11) is 0. The van der Waals surface area contributed by atoms with Crippen molar-refractivity contribution in [1.29, 1.82) is 0 Å². The van der Waals surface area contributed by atoms with E-state index in [0.717, 1.165) is 27.4 Å². The minimum atomic E-state index is -1.16. The highest BCUT2D eigenvalue weighted by Crippen LogP contribution is 2.24. The number of halogens is 4. The van der Waals surface area contributed by atoms with Gasteiger partial charge in [0, 0.05) is 68.3 Å². The minimum Gasteiger partial charge on any atom is -0.507 e. The third-order valence-corrected chi connectivity index (χ3v) is 8.53. The quantitative estimate of drug-likeness (QED) is 0.0829. The molecule has 0 saturated carbocycles. The van der Waals surface area contributed by atoms with Gasteiger partial charge in [0.15, 0.2) is 0 Å². The first-order valence-electron chi connectivity index (χ1n) is 15.8. The van der Waals surface area contributed by atoms with Crippen LogP contribution in [-0.4, -0.2) is 52.4 Å². The van der Waals surface area contributed by atoms with Crippen LogP contribution < -0.4 is 10.5 Å². The number of hydrogen-bond donors (Lipinski definition) is 1. The number of amides is 1. The van der Waals surface area contributed by atoms with E-state index in [2.05, 4.69) is 4.90 Å². The van der Waals surface area contributed by atoms with Crippen LogP contribution in [0.5, 0.6) is 0 Å². The molecule has 254 valence electrons. The number of hydrogen-bond acceptors (Lipinski definition) is 5. The maximum atomic E-state index is 14.5. The predicted octanol–water partition coefficient (Wildman–Crippen LogP) is 6.53. The van der Waals surface area contributed by atoms with Gasteiger partial charge < -0.3 is 19.5 Å². The molecule has 6 rings (SSSR count). The topological polar surface area (TPSA) is 82.8 Å². The summed E-state index contributed by atoms with van der Waals surface area (Å²) in [6.45, 7) is 1.21. The molecule has 1 saturated heterocycles. The van der Waals surface area contributed by atoms with E-state index in [-0.39, 0.29) is 25.2 Å². The van der Waals surface area contributed by atoms with Crippen LogP contribution in [0.4, 0.5) is 23.2 Å². The Balaban J connectivity index is 1.20. The SMILES string of the molecule is O=C(/C=C(/O)c1cc(Cc2c(F)cc(F)cc2F)cn(Cc2cccc(F)c2)c1=O)C(=O)N1CCN(c2ccc(-c3ccccc3)cc2)CC1. The standard InChI is InChI=1S/C39H31F4N3O4/c40-29-8-4-5-25(17-29)23-46-24-26(18-32-34(42)20-30(41)21-35(32)43)19-33(38(46)49)36(47)22-37(48)39(50)45-15-13-44(14-16-45)31-11-9-28(10-12-31)27-6-2-1-3-7-27/h1-12,17,19-22,24,47H,13-16,18,23H2/b36-22+. The molecular formula is C39H31F4N3O4. The molecule has 0 radical (unpaired) electrons. The molecule has 0 spiro atoms. The average Bonchev–Trinajstić information content (AvgIpc) is 3.11. The van der Waals surface area contributed by atoms with Crippen LogP contribution in [-0.2, 0) is 22.6 Å². The van der Waals surface area contributed by atoms with Gasteiger partial charge in [0.2, 0.25) is 5.78 Å². The molecule has 11 heteroatoms. The zero-order valence-corrected chi connectivity index (χ0v) is 26.7. The van der Waals surface area contributed by atoms with Gasteiger partial charge in [0.05, 0.1) is 12.1 Å². The zero-order valence-electron chi connectivity index (χ0n) is 26.7. The van der Waals surface area contributed by atoms with Crippen molar-refractivity contribution in [2.24, 2.45) is 0 Å². The number of ketones is 1. The van der Waals surface area contributed by atoms with Gasteiger partial charge in [-0.05, 0) is 52.6 Å². The van der Waals surface area contributed by atoms with E-state index in [9.17, 15) is 37.1 Å². The lowest BCUT2D eigenvalue weighted by Gasteiger charge is -2.35. The molecule has 0 unspecified atom stereocenters. The first kappa shape index (κ1) is 33.9. The van der Waals surface area contributed by atoms with Crippen molar-refractivity contribution in [1.82, 2.24) is 9.47 Å². The van der Waals surface area contributed by atoms with Crippen molar-refractivity contribution in [3.8, 4) is 11.1 Å². The normalized spacial score (nSPS) is 13.4. The molecule has 0 aliphatic carbocycles. The predicted molar refractivity (Wildman–Crippen MR) is 182 cm³/mol. The molecule has 1 aromatic heterocycles. The Kier molecular flexibility index (Phi) is 9.94. The number of aliphatic hydroxyl groups is 1. The minimum absolute atomic E-state index is 0.118. The molecule has 1 aliphatic rings. The summed E-state index contributed by atoms with van der Waals surface area (Å²) in [4.78, 5) is 43.1. The maximum Gasteiger partial charge on any atom is 0.294 e. The second-order valence-corrected chi connectivity index (χ2v) is 11.9. The van der Waals surface area contributed by atoms with Gasteiger partial charge in [-0.25, -0.2) is 17.6 Å². The van der Waals surface area contributed by atoms with E-state index in [1.165, 1.54) is 29.3 Å². The summed E-state index contributed by atoms with van der Waals surface area (Å²) in [5, 5.41) is 11.0. The van der Waals surface area contributed by atoms with Gasteiger partial charge in [-0.3, -0.25) is 14.4 Å². The lowest BCUT2D eigenvalue weighted by Crippen LogP contribution is -2.50. The van der Waals surface area contributed by atoms with Gasteiger partial charge in [-0.2, -0.15) is 0 Å². The summed E-state index contributed by atoms with van der Waals surface area (Å²) in [5.74, 6) is -6.75. The first-order valence-corrected chi connectivity index (χ1v) is 15.8. The summed E-state index contributed by atoms with van der Waals surface area (Å²) in [6.07, 6.45) is 1.46. The molecule has 1 N–H and O–H groups in total. The van der Waals surface area contributed by atoms with Crippen LogP contribution in [0.25, 0.3) is 16.9 Å². The molecule has 1 amide bonds. The number of carbonyl (C=O) groups excluding carboxylic acids is 2. The van der Waals surface area contributed by atoms with Gasteiger partial charge >= 0.3 is 0 Å². The summed E-state index contributed by atoms with van der Waals surface area (Å²) in [6, 6.07) is 25.6. The Hall–Kier alpha value is -5.97. The van der Waals surface area contributed by atoms with Gasteiger partial charge in [0.1, 0.15) is 29.0 Å². The number of benzene rings is 4. The summed E-state index contributed by atoms with van der Waals surface area (Å²) >= 11 is 0. The van der Waals surface area contributed by atoms with Crippen LogP contribution in [0.15, 0.2) is 114 Å². The highest BCUT2D eigenvalue weighted by molar-refractivity contribution is 6.41. The second kappa shape index (κ2) is 14.7. The number of anilines is 1. The van der Waals surface area contributed by atoms with Crippen LogP contribution in [0.2, 0.25) is 0 Å². The molecule has 1 aliphatic heterocycles. The Morgan fingerprint density at radius 3 is 2.04 bits per heavy atom. The lowest BCUT2D eigenvalue weighted by molar-refractivity contribution is -0.142. The molecular weight excluding hydrogens is 650 g/mol. The summed E-state index contributed by atoms with van der Waals surface area (Å²) < 4.78 is 57.6. The van der Waals surface area contributed by atoms with Crippen LogP contribution in [0.3, 0.4) is 0 Å². The van der Waals surface area contributed by atoms with E-state index in [1.807, 2.05) is 54.6 Å². The fourth-order valence-electron chi connectivity index (χ4n) is 5.96. The first-order chi connectivity index (χ1) is 24.0. The number of nitrogens with zero attached hydrogens (tertiary/aromatic N) is 3. The number of piperazine rings is 1. The van der Waals surface area contributed by atoms with Crippen molar-refractivity contribution < 1.29 is 32.3 Å². The molecule has 1 fully saturated rings. The third kappa shape index (κ3) is 7.67. The van der Waals surface area contributed by atoms with Crippen LogP contribution in [0, 0.1) is 23.3 Å². The van der Waals surface area contributed by atoms with Crippen molar-refractivity contribution >= 4 is 23.1 Å².